The molecule has 1 fully saturated rings. The molecule has 0 aromatic heterocycles. The number of rotatable bonds is 8. The van der Waals surface area contributed by atoms with Gasteiger partial charge >= 0.3 is 5.97 Å². The number of unbranched alkanes of at least 4 members (excludes halogenated alkanes) is 4. The number of carboxylic acids is 1. The first kappa shape index (κ1) is 15.5. The summed E-state index contributed by atoms with van der Waals surface area (Å²) in [4.78, 5) is 11.7. The fourth-order valence-electron chi connectivity index (χ4n) is 3.43. The van der Waals surface area contributed by atoms with Crippen molar-refractivity contribution < 1.29 is 9.90 Å². The Morgan fingerprint density at radius 2 is 1.94 bits per heavy atom. The van der Waals surface area contributed by atoms with Gasteiger partial charge in [0.05, 0.1) is 5.41 Å². The number of carboxylic acid groups (broad SMARTS) is 1. The van der Waals surface area contributed by atoms with Gasteiger partial charge in [0.2, 0.25) is 0 Å². The predicted molar refractivity (Wildman–Crippen MR) is 75.7 cm³/mol. The van der Waals surface area contributed by atoms with E-state index in [4.69, 9.17) is 0 Å². The van der Waals surface area contributed by atoms with Crippen molar-refractivity contribution >= 4 is 5.97 Å². The molecule has 2 atom stereocenters. The van der Waals surface area contributed by atoms with Gasteiger partial charge in [-0.05, 0) is 25.2 Å². The van der Waals surface area contributed by atoms with Crippen LogP contribution in [0.3, 0.4) is 0 Å². The van der Waals surface area contributed by atoms with Crippen molar-refractivity contribution in [1.29, 1.82) is 0 Å². The lowest BCUT2D eigenvalue weighted by Crippen LogP contribution is -2.36. The molecule has 18 heavy (non-hydrogen) atoms. The Labute approximate surface area is 112 Å². The number of carbonyl (C=O) groups is 1. The van der Waals surface area contributed by atoms with Gasteiger partial charge in [0.15, 0.2) is 0 Å². The van der Waals surface area contributed by atoms with Crippen LogP contribution in [0.15, 0.2) is 0 Å². The second kappa shape index (κ2) is 7.81. The van der Waals surface area contributed by atoms with E-state index in [0.717, 1.165) is 38.5 Å². The third kappa shape index (κ3) is 4.29. The van der Waals surface area contributed by atoms with Gasteiger partial charge in [-0.15, -0.1) is 0 Å². The Bertz CT molecular complexity index is 249. The molecule has 0 aromatic rings. The van der Waals surface area contributed by atoms with E-state index in [1.165, 1.54) is 32.1 Å². The molecule has 1 aliphatic carbocycles. The molecule has 2 unspecified atom stereocenters. The van der Waals surface area contributed by atoms with Crippen molar-refractivity contribution in [3.05, 3.63) is 0 Å². The van der Waals surface area contributed by atoms with Gasteiger partial charge in [-0.1, -0.05) is 65.2 Å². The van der Waals surface area contributed by atoms with Gasteiger partial charge < -0.3 is 5.11 Å². The summed E-state index contributed by atoms with van der Waals surface area (Å²) in [5.74, 6) is 0.113. The summed E-state index contributed by atoms with van der Waals surface area (Å²) in [6.07, 6.45) is 12.3. The van der Waals surface area contributed by atoms with Crippen molar-refractivity contribution in [1.82, 2.24) is 0 Å². The molecule has 0 aliphatic heterocycles. The van der Waals surface area contributed by atoms with E-state index in [0.29, 0.717) is 5.92 Å². The minimum Gasteiger partial charge on any atom is -0.481 e. The summed E-state index contributed by atoms with van der Waals surface area (Å²) in [5.41, 5.74) is -0.384. The van der Waals surface area contributed by atoms with E-state index in [1.54, 1.807) is 0 Å². The molecule has 0 radical (unpaired) electrons. The summed E-state index contributed by atoms with van der Waals surface area (Å²) in [6.45, 7) is 4.41. The Morgan fingerprint density at radius 3 is 2.56 bits per heavy atom. The lowest BCUT2D eigenvalue weighted by molar-refractivity contribution is -0.153. The zero-order valence-corrected chi connectivity index (χ0v) is 12.2. The summed E-state index contributed by atoms with van der Waals surface area (Å²) >= 11 is 0. The smallest absolute Gasteiger partial charge is 0.309 e. The zero-order valence-electron chi connectivity index (χ0n) is 12.2. The second-order valence-electron chi connectivity index (χ2n) is 6.12. The fourth-order valence-corrected chi connectivity index (χ4v) is 3.43. The maximum atomic E-state index is 11.7. The van der Waals surface area contributed by atoms with Crippen LogP contribution < -0.4 is 0 Å². The van der Waals surface area contributed by atoms with Crippen LogP contribution in [0.2, 0.25) is 0 Å². The molecule has 1 aliphatic rings. The average molecular weight is 254 g/mol. The number of hydrogen-bond acceptors (Lipinski definition) is 1. The van der Waals surface area contributed by atoms with Crippen LogP contribution >= 0.6 is 0 Å². The Kier molecular flexibility index (Phi) is 6.73. The Hall–Kier alpha value is -0.530. The van der Waals surface area contributed by atoms with E-state index in [2.05, 4.69) is 13.8 Å². The fraction of sp³-hybridized carbons (Fsp3) is 0.938. The molecule has 2 heteroatoms. The van der Waals surface area contributed by atoms with Crippen molar-refractivity contribution in [2.24, 2.45) is 11.3 Å². The van der Waals surface area contributed by atoms with Crippen molar-refractivity contribution in [2.75, 3.05) is 0 Å². The van der Waals surface area contributed by atoms with Gasteiger partial charge in [0.1, 0.15) is 0 Å². The molecule has 1 N–H and O–H groups in total. The van der Waals surface area contributed by atoms with E-state index in [9.17, 15) is 9.90 Å². The van der Waals surface area contributed by atoms with E-state index >= 15 is 0 Å². The Morgan fingerprint density at radius 1 is 1.22 bits per heavy atom. The molecule has 0 spiro atoms. The highest BCUT2D eigenvalue weighted by molar-refractivity contribution is 5.74. The normalized spacial score (nSPS) is 28.2. The zero-order chi connectivity index (χ0) is 13.4. The molecule has 1 rings (SSSR count). The number of hydrogen-bond donors (Lipinski definition) is 1. The molecule has 0 heterocycles. The highest BCUT2D eigenvalue weighted by Crippen LogP contribution is 2.44. The van der Waals surface area contributed by atoms with Gasteiger partial charge in [0, 0.05) is 0 Å². The predicted octanol–water partition coefficient (Wildman–Crippen LogP) is 5.02. The molecule has 0 bridgehead atoms. The first-order valence-electron chi connectivity index (χ1n) is 7.88. The SMILES string of the molecule is CCCCCCCC1(C(=O)O)CCCC(CC)C1. The average Bonchev–Trinajstić information content (AvgIpc) is 2.38. The molecule has 0 amide bonds. The van der Waals surface area contributed by atoms with Crippen LogP contribution in [0.5, 0.6) is 0 Å². The Balaban J connectivity index is 2.45. The van der Waals surface area contributed by atoms with Crippen LogP contribution in [0.25, 0.3) is 0 Å². The van der Waals surface area contributed by atoms with E-state index < -0.39 is 5.97 Å². The second-order valence-corrected chi connectivity index (χ2v) is 6.12. The first-order chi connectivity index (χ1) is 8.64. The van der Waals surface area contributed by atoms with Gasteiger partial charge in [-0.3, -0.25) is 4.79 Å². The molecule has 106 valence electrons. The standard InChI is InChI=1S/C16H30O2/c1-3-5-6-7-8-11-16(15(17)18)12-9-10-14(4-2)13-16/h14H,3-13H2,1-2H3,(H,17,18). The molecule has 0 saturated heterocycles. The van der Waals surface area contributed by atoms with E-state index in [1.807, 2.05) is 0 Å². The third-order valence-corrected chi connectivity index (χ3v) is 4.74. The monoisotopic (exact) mass is 254 g/mol. The van der Waals surface area contributed by atoms with Crippen molar-refractivity contribution in [3.63, 3.8) is 0 Å². The first-order valence-corrected chi connectivity index (χ1v) is 7.88. The maximum absolute atomic E-state index is 11.7. The highest BCUT2D eigenvalue weighted by atomic mass is 16.4. The van der Waals surface area contributed by atoms with E-state index in [-0.39, 0.29) is 5.41 Å². The van der Waals surface area contributed by atoms with Crippen molar-refractivity contribution in [2.45, 2.75) is 84.5 Å². The summed E-state index contributed by atoms with van der Waals surface area (Å²) < 4.78 is 0. The summed E-state index contributed by atoms with van der Waals surface area (Å²) in [7, 11) is 0. The maximum Gasteiger partial charge on any atom is 0.309 e. The lowest BCUT2D eigenvalue weighted by Gasteiger charge is -2.37. The molecule has 0 aromatic carbocycles. The lowest BCUT2D eigenvalue weighted by atomic mass is 9.66. The number of aliphatic carboxylic acids is 1. The van der Waals surface area contributed by atoms with Crippen LogP contribution in [0, 0.1) is 11.3 Å². The molecular weight excluding hydrogens is 224 g/mol. The minimum atomic E-state index is -0.531. The van der Waals surface area contributed by atoms with Crippen molar-refractivity contribution in [3.8, 4) is 0 Å². The molecule has 1 saturated carbocycles. The molecular formula is C16H30O2. The summed E-state index contributed by atoms with van der Waals surface area (Å²) in [6, 6.07) is 0. The van der Waals surface area contributed by atoms with Crippen LogP contribution in [-0.2, 0) is 4.79 Å². The van der Waals surface area contributed by atoms with Gasteiger partial charge in [0.25, 0.3) is 0 Å². The topological polar surface area (TPSA) is 37.3 Å². The third-order valence-electron chi connectivity index (χ3n) is 4.74. The van der Waals surface area contributed by atoms with Crippen LogP contribution in [-0.4, -0.2) is 11.1 Å². The minimum absolute atomic E-state index is 0.384. The van der Waals surface area contributed by atoms with Gasteiger partial charge in [-0.2, -0.15) is 0 Å². The van der Waals surface area contributed by atoms with Crippen LogP contribution in [0.4, 0.5) is 0 Å². The van der Waals surface area contributed by atoms with Gasteiger partial charge in [-0.25, -0.2) is 0 Å². The quantitative estimate of drug-likeness (QED) is 0.618. The largest absolute Gasteiger partial charge is 0.481 e. The summed E-state index contributed by atoms with van der Waals surface area (Å²) in [5, 5.41) is 9.60. The van der Waals surface area contributed by atoms with Crippen LogP contribution in [0.1, 0.15) is 84.5 Å². The highest BCUT2D eigenvalue weighted by Gasteiger charge is 2.41. The molecule has 2 nitrogen and oxygen atoms in total.